The van der Waals surface area contributed by atoms with Gasteiger partial charge in [-0.15, -0.1) is 0 Å². The van der Waals surface area contributed by atoms with E-state index in [0.717, 1.165) is 24.5 Å². The molecule has 1 heterocycles. The van der Waals surface area contributed by atoms with E-state index in [2.05, 4.69) is 53.3 Å². The van der Waals surface area contributed by atoms with Crippen molar-refractivity contribution in [1.29, 1.82) is 0 Å². The maximum Gasteiger partial charge on any atom is 0.123 e. The Morgan fingerprint density at radius 2 is 1.63 bits per heavy atom. The first-order valence-electron chi connectivity index (χ1n) is 6.56. The van der Waals surface area contributed by atoms with Gasteiger partial charge in [-0.1, -0.05) is 0 Å². The number of benzene rings is 1. The highest BCUT2D eigenvalue weighted by Crippen LogP contribution is 2.20. The molecule has 1 aromatic heterocycles. The third kappa shape index (κ3) is 3.37. The lowest BCUT2D eigenvalue weighted by Crippen LogP contribution is -2.21. The predicted octanol–water partition coefficient (Wildman–Crippen LogP) is 3.25. The Bertz CT molecular complexity index is 501. The van der Waals surface area contributed by atoms with Crippen LogP contribution in [0.3, 0.4) is 0 Å². The SMILES string of the molecule is CCN(CC)c1ccc(Nc2ccc(N)nc2)cc1. The summed E-state index contributed by atoms with van der Waals surface area (Å²) in [7, 11) is 0. The van der Waals surface area contributed by atoms with Gasteiger partial charge in [0, 0.05) is 24.5 Å². The number of anilines is 4. The average Bonchev–Trinajstić information content (AvgIpc) is 2.44. The van der Waals surface area contributed by atoms with Crippen LogP contribution in [0, 0.1) is 0 Å². The maximum atomic E-state index is 5.56. The second-order valence-electron chi connectivity index (χ2n) is 4.32. The van der Waals surface area contributed by atoms with Crippen LogP contribution in [-0.4, -0.2) is 18.1 Å². The number of nitrogens with zero attached hydrogens (tertiary/aromatic N) is 2. The average molecular weight is 256 g/mol. The molecular formula is C15H20N4. The van der Waals surface area contributed by atoms with E-state index in [9.17, 15) is 0 Å². The minimum Gasteiger partial charge on any atom is -0.384 e. The topological polar surface area (TPSA) is 54.2 Å². The van der Waals surface area contributed by atoms with Gasteiger partial charge in [-0.05, 0) is 50.2 Å². The summed E-state index contributed by atoms with van der Waals surface area (Å²) in [5.41, 5.74) is 8.78. The summed E-state index contributed by atoms with van der Waals surface area (Å²) in [5, 5.41) is 3.30. The van der Waals surface area contributed by atoms with Crippen molar-refractivity contribution in [3.05, 3.63) is 42.6 Å². The first-order chi connectivity index (χ1) is 9.22. The molecule has 0 fully saturated rings. The lowest BCUT2D eigenvalue weighted by atomic mass is 10.2. The zero-order chi connectivity index (χ0) is 13.7. The van der Waals surface area contributed by atoms with Crippen LogP contribution < -0.4 is 16.0 Å². The van der Waals surface area contributed by atoms with Gasteiger partial charge in [-0.3, -0.25) is 0 Å². The third-order valence-corrected chi connectivity index (χ3v) is 3.07. The number of nitrogens with one attached hydrogen (secondary N) is 1. The number of hydrogen-bond donors (Lipinski definition) is 2. The van der Waals surface area contributed by atoms with Gasteiger partial charge in [0.25, 0.3) is 0 Å². The van der Waals surface area contributed by atoms with Crippen LogP contribution in [0.25, 0.3) is 0 Å². The van der Waals surface area contributed by atoms with Crippen LogP contribution in [0.1, 0.15) is 13.8 Å². The van der Waals surface area contributed by atoms with Crippen molar-refractivity contribution in [3.63, 3.8) is 0 Å². The summed E-state index contributed by atoms with van der Waals surface area (Å²) >= 11 is 0. The summed E-state index contributed by atoms with van der Waals surface area (Å²) in [6.45, 7) is 6.36. The van der Waals surface area contributed by atoms with Gasteiger partial charge < -0.3 is 16.0 Å². The normalized spacial score (nSPS) is 10.2. The van der Waals surface area contributed by atoms with E-state index in [1.54, 1.807) is 12.3 Å². The smallest absolute Gasteiger partial charge is 0.123 e. The fraction of sp³-hybridized carbons (Fsp3) is 0.267. The van der Waals surface area contributed by atoms with Gasteiger partial charge in [-0.2, -0.15) is 0 Å². The molecule has 4 nitrogen and oxygen atoms in total. The van der Waals surface area contributed by atoms with Gasteiger partial charge in [0.05, 0.1) is 11.9 Å². The zero-order valence-corrected chi connectivity index (χ0v) is 11.4. The van der Waals surface area contributed by atoms with Crippen molar-refractivity contribution >= 4 is 22.9 Å². The number of rotatable bonds is 5. The minimum atomic E-state index is 0.530. The summed E-state index contributed by atoms with van der Waals surface area (Å²) in [6, 6.07) is 12.1. The van der Waals surface area contributed by atoms with E-state index in [1.165, 1.54) is 5.69 Å². The monoisotopic (exact) mass is 256 g/mol. The molecule has 19 heavy (non-hydrogen) atoms. The van der Waals surface area contributed by atoms with Crippen LogP contribution in [0.4, 0.5) is 22.9 Å². The number of aromatic nitrogens is 1. The second-order valence-corrected chi connectivity index (χ2v) is 4.32. The van der Waals surface area contributed by atoms with Gasteiger partial charge in [0.15, 0.2) is 0 Å². The maximum absolute atomic E-state index is 5.56. The highest BCUT2D eigenvalue weighted by molar-refractivity contribution is 5.62. The van der Waals surface area contributed by atoms with E-state index < -0.39 is 0 Å². The fourth-order valence-electron chi connectivity index (χ4n) is 1.99. The van der Waals surface area contributed by atoms with Gasteiger partial charge >= 0.3 is 0 Å². The quantitative estimate of drug-likeness (QED) is 0.862. The molecule has 0 atom stereocenters. The number of nitrogen functional groups attached to an aromatic ring is 1. The number of nitrogens with two attached hydrogens (primary N) is 1. The summed E-state index contributed by atoms with van der Waals surface area (Å²) in [6.07, 6.45) is 1.73. The van der Waals surface area contributed by atoms with Crippen LogP contribution >= 0.6 is 0 Å². The molecule has 0 saturated heterocycles. The molecule has 2 aromatic rings. The Morgan fingerprint density at radius 1 is 1.00 bits per heavy atom. The molecule has 0 amide bonds. The summed E-state index contributed by atoms with van der Waals surface area (Å²) in [5.74, 6) is 0.530. The van der Waals surface area contributed by atoms with Crippen molar-refractivity contribution in [2.24, 2.45) is 0 Å². The Labute approximate surface area is 114 Å². The van der Waals surface area contributed by atoms with E-state index >= 15 is 0 Å². The minimum absolute atomic E-state index is 0.530. The molecule has 1 aromatic carbocycles. The molecule has 0 aliphatic heterocycles. The zero-order valence-electron chi connectivity index (χ0n) is 11.4. The van der Waals surface area contributed by atoms with E-state index in [0.29, 0.717) is 5.82 Å². The predicted molar refractivity (Wildman–Crippen MR) is 81.9 cm³/mol. The van der Waals surface area contributed by atoms with Crippen molar-refractivity contribution in [2.45, 2.75) is 13.8 Å². The molecule has 0 aliphatic rings. The largest absolute Gasteiger partial charge is 0.384 e. The summed E-state index contributed by atoms with van der Waals surface area (Å²) in [4.78, 5) is 6.37. The van der Waals surface area contributed by atoms with Crippen molar-refractivity contribution in [1.82, 2.24) is 4.98 Å². The highest BCUT2D eigenvalue weighted by Gasteiger charge is 2.01. The van der Waals surface area contributed by atoms with Crippen LogP contribution in [0.5, 0.6) is 0 Å². The summed E-state index contributed by atoms with van der Waals surface area (Å²) < 4.78 is 0. The molecule has 0 unspecified atom stereocenters. The van der Waals surface area contributed by atoms with Gasteiger partial charge in [0.2, 0.25) is 0 Å². The van der Waals surface area contributed by atoms with Crippen molar-refractivity contribution in [2.75, 3.05) is 29.0 Å². The molecule has 0 saturated carbocycles. The van der Waals surface area contributed by atoms with E-state index in [-0.39, 0.29) is 0 Å². The third-order valence-electron chi connectivity index (χ3n) is 3.07. The van der Waals surface area contributed by atoms with Gasteiger partial charge in [0.1, 0.15) is 5.82 Å². The van der Waals surface area contributed by atoms with Crippen molar-refractivity contribution < 1.29 is 0 Å². The lowest BCUT2D eigenvalue weighted by Gasteiger charge is -2.21. The Morgan fingerprint density at radius 3 is 2.16 bits per heavy atom. The molecule has 3 N–H and O–H groups in total. The number of pyridine rings is 1. The Kier molecular flexibility index (Phi) is 4.23. The highest BCUT2D eigenvalue weighted by atomic mass is 15.1. The second kappa shape index (κ2) is 6.09. The molecule has 100 valence electrons. The molecule has 0 spiro atoms. The molecule has 0 bridgehead atoms. The number of hydrogen-bond acceptors (Lipinski definition) is 4. The van der Waals surface area contributed by atoms with Gasteiger partial charge in [-0.25, -0.2) is 4.98 Å². The van der Waals surface area contributed by atoms with Crippen LogP contribution in [-0.2, 0) is 0 Å². The Hall–Kier alpha value is -2.23. The van der Waals surface area contributed by atoms with E-state index in [1.807, 2.05) is 6.07 Å². The Balaban J connectivity index is 2.08. The molecule has 4 heteroatoms. The van der Waals surface area contributed by atoms with Crippen LogP contribution in [0.15, 0.2) is 42.6 Å². The molecule has 2 rings (SSSR count). The standard InChI is InChI=1S/C15H20N4/c1-3-19(4-2)14-8-5-12(6-9-14)18-13-7-10-15(16)17-11-13/h5-11,18H,3-4H2,1-2H3,(H2,16,17). The first-order valence-corrected chi connectivity index (χ1v) is 6.56. The molecule has 0 radical (unpaired) electrons. The molecular weight excluding hydrogens is 236 g/mol. The lowest BCUT2D eigenvalue weighted by molar-refractivity contribution is 0.866. The first kappa shape index (κ1) is 13.2. The fourth-order valence-corrected chi connectivity index (χ4v) is 1.99. The van der Waals surface area contributed by atoms with Crippen LogP contribution in [0.2, 0.25) is 0 Å². The molecule has 0 aliphatic carbocycles. The van der Waals surface area contributed by atoms with E-state index in [4.69, 9.17) is 5.73 Å². The van der Waals surface area contributed by atoms with Crippen molar-refractivity contribution in [3.8, 4) is 0 Å².